The van der Waals surface area contributed by atoms with Gasteiger partial charge in [-0.25, -0.2) is 4.98 Å². The van der Waals surface area contributed by atoms with E-state index in [2.05, 4.69) is 4.98 Å². The van der Waals surface area contributed by atoms with Gasteiger partial charge in [-0.15, -0.1) is 0 Å². The summed E-state index contributed by atoms with van der Waals surface area (Å²) in [6, 6.07) is 12.3. The van der Waals surface area contributed by atoms with Crippen LogP contribution in [-0.4, -0.2) is 65.5 Å². The van der Waals surface area contributed by atoms with Gasteiger partial charge < -0.3 is 19.6 Å². The molecular formula is C24H30ClN3O4. The van der Waals surface area contributed by atoms with E-state index in [0.29, 0.717) is 42.6 Å². The van der Waals surface area contributed by atoms with E-state index in [9.17, 15) is 14.7 Å². The average Bonchev–Trinajstić information content (AvgIpc) is 2.81. The number of hydrogen-bond donors (Lipinski definition) is 1. The van der Waals surface area contributed by atoms with E-state index >= 15 is 0 Å². The molecule has 3 rings (SSSR count). The minimum absolute atomic E-state index is 0.135. The van der Waals surface area contributed by atoms with Crippen LogP contribution in [0.15, 0.2) is 42.5 Å². The van der Waals surface area contributed by atoms with Gasteiger partial charge in [0.25, 0.3) is 11.8 Å². The van der Waals surface area contributed by atoms with Crippen LogP contribution >= 0.6 is 11.6 Å². The highest BCUT2D eigenvalue weighted by atomic mass is 35.5. The number of amides is 2. The third-order valence-electron chi connectivity index (χ3n) is 5.74. The van der Waals surface area contributed by atoms with Crippen molar-refractivity contribution in [1.82, 2.24) is 14.8 Å². The molecule has 1 aliphatic rings. The van der Waals surface area contributed by atoms with E-state index in [1.807, 2.05) is 18.2 Å². The summed E-state index contributed by atoms with van der Waals surface area (Å²) in [4.78, 5) is 31.9. The molecular weight excluding hydrogens is 430 g/mol. The molecule has 1 N–H and O–H groups in total. The van der Waals surface area contributed by atoms with Gasteiger partial charge in [0, 0.05) is 33.3 Å². The summed E-state index contributed by atoms with van der Waals surface area (Å²) in [5.74, 6) is 0.501. The number of benzene rings is 1. The van der Waals surface area contributed by atoms with Gasteiger partial charge >= 0.3 is 0 Å². The summed E-state index contributed by atoms with van der Waals surface area (Å²) in [6.07, 6.45) is 2.59. The van der Waals surface area contributed by atoms with Crippen LogP contribution in [0.4, 0.5) is 0 Å². The monoisotopic (exact) mass is 459 g/mol. The van der Waals surface area contributed by atoms with Crippen LogP contribution in [-0.2, 0) is 4.79 Å². The van der Waals surface area contributed by atoms with Crippen molar-refractivity contribution in [3.05, 3.63) is 58.7 Å². The normalized spacial score (nSPS) is 15.3. The number of nitrogens with zero attached hydrogens (tertiary/aromatic N) is 3. The molecule has 1 unspecified atom stereocenters. The molecule has 0 radical (unpaired) electrons. The van der Waals surface area contributed by atoms with Gasteiger partial charge in [0.2, 0.25) is 5.88 Å². The molecule has 0 bridgehead atoms. The van der Waals surface area contributed by atoms with Gasteiger partial charge in [-0.05, 0) is 43.2 Å². The molecule has 1 aromatic carbocycles. The van der Waals surface area contributed by atoms with Crippen molar-refractivity contribution >= 4 is 23.4 Å². The second-order valence-corrected chi connectivity index (χ2v) is 8.62. The first-order chi connectivity index (χ1) is 15.4. The molecule has 172 valence electrons. The third-order valence-corrected chi connectivity index (χ3v) is 6.03. The number of piperidine rings is 1. The maximum absolute atomic E-state index is 12.6. The Bertz CT molecular complexity index is 915. The molecule has 2 amide bonds. The fourth-order valence-electron chi connectivity index (χ4n) is 3.84. The Balaban J connectivity index is 1.38. The summed E-state index contributed by atoms with van der Waals surface area (Å²) >= 11 is 6.11. The highest BCUT2D eigenvalue weighted by molar-refractivity contribution is 6.32. The fraction of sp³-hybridized carbons (Fsp3) is 0.458. The Kier molecular flexibility index (Phi) is 8.47. The molecule has 0 spiro atoms. The Hall–Kier alpha value is -2.64. The van der Waals surface area contributed by atoms with Crippen LogP contribution in [0.5, 0.6) is 5.88 Å². The van der Waals surface area contributed by atoms with E-state index in [1.54, 1.807) is 43.3 Å². The van der Waals surface area contributed by atoms with Gasteiger partial charge in [-0.1, -0.05) is 41.9 Å². The maximum Gasteiger partial charge on any atom is 0.256 e. The van der Waals surface area contributed by atoms with Crippen LogP contribution in [0, 0.1) is 5.92 Å². The minimum atomic E-state index is -1.10. The topological polar surface area (TPSA) is 83.0 Å². The lowest BCUT2D eigenvalue weighted by atomic mass is 9.92. The quantitative estimate of drug-likeness (QED) is 0.482. The van der Waals surface area contributed by atoms with Gasteiger partial charge in [0.1, 0.15) is 5.15 Å². The van der Waals surface area contributed by atoms with Crippen molar-refractivity contribution < 1.29 is 19.4 Å². The van der Waals surface area contributed by atoms with Crippen molar-refractivity contribution in [3.63, 3.8) is 0 Å². The number of carbonyl (C=O) groups excluding carboxylic acids is 2. The maximum atomic E-state index is 12.6. The fourth-order valence-corrected chi connectivity index (χ4v) is 4.07. The number of aliphatic hydroxyl groups is 1. The Morgan fingerprint density at radius 2 is 1.88 bits per heavy atom. The smallest absolute Gasteiger partial charge is 0.256 e. The number of rotatable bonds is 8. The van der Waals surface area contributed by atoms with E-state index in [0.717, 1.165) is 25.7 Å². The van der Waals surface area contributed by atoms with Gasteiger partial charge in [0.05, 0.1) is 12.2 Å². The van der Waals surface area contributed by atoms with E-state index < -0.39 is 6.10 Å². The lowest BCUT2D eigenvalue weighted by Crippen LogP contribution is -2.41. The Labute approximate surface area is 194 Å². The van der Waals surface area contributed by atoms with Crippen LogP contribution in [0.1, 0.15) is 47.7 Å². The molecule has 1 aliphatic heterocycles. The number of aromatic nitrogens is 1. The standard InChI is InChI=1S/C24H30ClN3O4/c1-27(2)23(30)19-10-11-20(26-22(19)25)32-16-6-7-17-12-14-28(15-13-17)24(31)21(29)18-8-4-3-5-9-18/h3-5,8-11,17,21,29H,6-7,12-16H2,1-2H3. The molecule has 2 aromatic rings. The second kappa shape index (κ2) is 11.3. The van der Waals surface area contributed by atoms with E-state index in [4.69, 9.17) is 16.3 Å². The van der Waals surface area contributed by atoms with Crippen molar-refractivity contribution in [3.8, 4) is 5.88 Å². The average molecular weight is 460 g/mol. The summed E-state index contributed by atoms with van der Waals surface area (Å²) < 4.78 is 5.69. The number of halogens is 1. The Morgan fingerprint density at radius 1 is 1.19 bits per heavy atom. The van der Waals surface area contributed by atoms with Crippen LogP contribution in [0.2, 0.25) is 5.15 Å². The molecule has 0 aliphatic carbocycles. The highest BCUT2D eigenvalue weighted by Crippen LogP contribution is 2.25. The van der Waals surface area contributed by atoms with Gasteiger partial charge in [-0.2, -0.15) is 0 Å². The largest absolute Gasteiger partial charge is 0.478 e. The van der Waals surface area contributed by atoms with Crippen LogP contribution < -0.4 is 4.74 Å². The van der Waals surface area contributed by atoms with E-state index in [1.165, 1.54) is 4.90 Å². The van der Waals surface area contributed by atoms with Crippen molar-refractivity contribution in [1.29, 1.82) is 0 Å². The molecule has 7 nitrogen and oxygen atoms in total. The first kappa shape index (κ1) is 24.0. The first-order valence-electron chi connectivity index (χ1n) is 10.9. The van der Waals surface area contributed by atoms with Crippen LogP contribution in [0.3, 0.4) is 0 Å². The first-order valence-corrected chi connectivity index (χ1v) is 11.3. The Morgan fingerprint density at radius 3 is 2.50 bits per heavy atom. The lowest BCUT2D eigenvalue weighted by Gasteiger charge is -2.33. The van der Waals surface area contributed by atoms with Crippen molar-refractivity contribution in [2.75, 3.05) is 33.8 Å². The van der Waals surface area contributed by atoms with Gasteiger partial charge in [-0.3, -0.25) is 9.59 Å². The zero-order valence-corrected chi connectivity index (χ0v) is 19.3. The summed E-state index contributed by atoms with van der Waals surface area (Å²) in [7, 11) is 3.32. The second-order valence-electron chi connectivity index (χ2n) is 8.26. The predicted molar refractivity (Wildman–Crippen MR) is 123 cm³/mol. The highest BCUT2D eigenvalue weighted by Gasteiger charge is 2.27. The molecule has 2 heterocycles. The van der Waals surface area contributed by atoms with E-state index in [-0.39, 0.29) is 17.0 Å². The summed E-state index contributed by atoms with van der Waals surface area (Å²) in [5.41, 5.74) is 0.979. The molecule has 1 fully saturated rings. The zero-order valence-electron chi connectivity index (χ0n) is 18.5. The molecule has 1 saturated heterocycles. The number of carbonyl (C=O) groups is 2. The number of pyridine rings is 1. The SMILES string of the molecule is CN(C)C(=O)c1ccc(OCCCC2CCN(C(=O)C(O)c3ccccc3)CC2)nc1Cl. The van der Waals surface area contributed by atoms with Crippen LogP contribution in [0.25, 0.3) is 0 Å². The van der Waals surface area contributed by atoms with Gasteiger partial charge in [0.15, 0.2) is 6.10 Å². The molecule has 1 aromatic heterocycles. The zero-order chi connectivity index (χ0) is 23.1. The van der Waals surface area contributed by atoms with Crippen molar-refractivity contribution in [2.45, 2.75) is 31.8 Å². The minimum Gasteiger partial charge on any atom is -0.478 e. The lowest BCUT2D eigenvalue weighted by molar-refractivity contribution is -0.142. The number of aliphatic hydroxyl groups excluding tert-OH is 1. The molecule has 1 atom stereocenters. The molecule has 8 heteroatoms. The van der Waals surface area contributed by atoms with Crippen molar-refractivity contribution in [2.24, 2.45) is 5.92 Å². The number of ether oxygens (including phenoxy) is 1. The predicted octanol–water partition coefficient (Wildman–Crippen LogP) is 3.57. The number of likely N-dealkylation sites (tertiary alicyclic amines) is 1. The molecule has 32 heavy (non-hydrogen) atoms. The third kappa shape index (κ3) is 6.20. The number of hydrogen-bond acceptors (Lipinski definition) is 5. The summed E-state index contributed by atoms with van der Waals surface area (Å²) in [5, 5.41) is 10.5. The molecule has 0 saturated carbocycles. The summed E-state index contributed by atoms with van der Waals surface area (Å²) in [6.45, 7) is 1.83.